The van der Waals surface area contributed by atoms with Crippen LogP contribution in [0.15, 0.2) is 17.3 Å². The van der Waals surface area contributed by atoms with Crippen LogP contribution in [-0.4, -0.2) is 42.1 Å². The van der Waals surface area contributed by atoms with Gasteiger partial charge in [-0.1, -0.05) is 19.3 Å². The fourth-order valence-electron chi connectivity index (χ4n) is 2.51. The molecule has 0 radical (unpaired) electrons. The van der Waals surface area contributed by atoms with Gasteiger partial charge in [-0.25, -0.2) is 8.42 Å². The van der Waals surface area contributed by atoms with E-state index in [0.717, 1.165) is 25.7 Å². The molecular weight excluding hydrogens is 252 g/mol. The molecule has 0 bridgehead atoms. The van der Waals surface area contributed by atoms with Gasteiger partial charge in [0.15, 0.2) is 0 Å². The Kier molecular flexibility index (Phi) is 4.36. The summed E-state index contributed by atoms with van der Waals surface area (Å²) in [5.74, 6) is 0. The van der Waals surface area contributed by atoms with Crippen molar-refractivity contribution in [3.8, 4) is 0 Å². The molecule has 0 aliphatic heterocycles. The number of H-pyrrole nitrogens is 1. The van der Waals surface area contributed by atoms with Crippen LogP contribution < -0.4 is 5.73 Å². The molecule has 1 fully saturated rings. The van der Waals surface area contributed by atoms with E-state index in [2.05, 4.69) is 10.2 Å². The van der Waals surface area contributed by atoms with Gasteiger partial charge in [0, 0.05) is 25.3 Å². The normalized spacial score (nSPS) is 18.3. The number of nitrogens with one attached hydrogen (secondary N) is 1. The van der Waals surface area contributed by atoms with E-state index in [4.69, 9.17) is 5.73 Å². The predicted octanol–water partition coefficient (Wildman–Crippen LogP) is 0.692. The molecule has 0 unspecified atom stereocenters. The molecule has 18 heavy (non-hydrogen) atoms. The Bertz CT molecular complexity index is 451. The Morgan fingerprint density at radius 3 is 2.67 bits per heavy atom. The summed E-state index contributed by atoms with van der Waals surface area (Å²) >= 11 is 0. The van der Waals surface area contributed by atoms with E-state index in [9.17, 15) is 8.42 Å². The molecule has 0 atom stereocenters. The fourth-order valence-corrected chi connectivity index (χ4v) is 4.12. The summed E-state index contributed by atoms with van der Waals surface area (Å²) in [6.07, 6.45) is 8.00. The van der Waals surface area contributed by atoms with Crippen LogP contribution in [0.5, 0.6) is 0 Å². The predicted molar refractivity (Wildman–Crippen MR) is 68.4 cm³/mol. The molecule has 0 aromatic carbocycles. The van der Waals surface area contributed by atoms with Gasteiger partial charge < -0.3 is 5.73 Å². The standard InChI is InChI=1S/C11H20N4O2S/c12-6-7-15(10-4-2-1-3-5-10)18(16,17)11-8-13-14-9-11/h8-10H,1-7,12H2,(H,13,14). The van der Waals surface area contributed by atoms with Crippen molar-refractivity contribution < 1.29 is 8.42 Å². The Balaban J connectivity index is 2.23. The minimum Gasteiger partial charge on any atom is -0.329 e. The number of aromatic amines is 1. The van der Waals surface area contributed by atoms with Crippen molar-refractivity contribution in [3.63, 3.8) is 0 Å². The minimum atomic E-state index is -3.46. The third-order valence-electron chi connectivity index (χ3n) is 3.41. The van der Waals surface area contributed by atoms with Crippen molar-refractivity contribution in [1.82, 2.24) is 14.5 Å². The molecule has 0 amide bonds. The molecule has 0 saturated heterocycles. The molecule has 1 heterocycles. The van der Waals surface area contributed by atoms with Gasteiger partial charge in [-0.15, -0.1) is 0 Å². The zero-order chi connectivity index (χ0) is 13.0. The molecule has 1 aliphatic rings. The molecular formula is C11H20N4O2S. The zero-order valence-corrected chi connectivity index (χ0v) is 11.2. The maximum absolute atomic E-state index is 12.5. The van der Waals surface area contributed by atoms with Crippen molar-refractivity contribution in [1.29, 1.82) is 0 Å². The van der Waals surface area contributed by atoms with Crippen LogP contribution in [0, 0.1) is 0 Å². The van der Waals surface area contributed by atoms with E-state index < -0.39 is 10.0 Å². The van der Waals surface area contributed by atoms with Gasteiger partial charge in [0.05, 0.1) is 6.20 Å². The summed E-state index contributed by atoms with van der Waals surface area (Å²) in [6.45, 7) is 0.714. The number of sulfonamides is 1. The number of rotatable bonds is 5. The highest BCUT2D eigenvalue weighted by Crippen LogP contribution is 2.27. The van der Waals surface area contributed by atoms with Crippen LogP contribution in [0.1, 0.15) is 32.1 Å². The van der Waals surface area contributed by atoms with E-state index in [1.807, 2.05) is 0 Å². The highest BCUT2D eigenvalue weighted by atomic mass is 32.2. The van der Waals surface area contributed by atoms with Gasteiger partial charge in [-0.3, -0.25) is 5.10 Å². The maximum Gasteiger partial charge on any atom is 0.246 e. The van der Waals surface area contributed by atoms with Crippen molar-refractivity contribution in [2.75, 3.05) is 13.1 Å². The van der Waals surface area contributed by atoms with Gasteiger partial charge in [0.2, 0.25) is 10.0 Å². The van der Waals surface area contributed by atoms with Crippen molar-refractivity contribution in [3.05, 3.63) is 12.4 Å². The smallest absolute Gasteiger partial charge is 0.246 e. The third-order valence-corrected chi connectivity index (χ3v) is 5.33. The zero-order valence-electron chi connectivity index (χ0n) is 10.4. The molecule has 102 valence electrons. The summed E-state index contributed by atoms with van der Waals surface area (Å²) in [7, 11) is -3.46. The lowest BCUT2D eigenvalue weighted by Crippen LogP contribution is -2.43. The van der Waals surface area contributed by atoms with E-state index in [1.54, 1.807) is 4.31 Å². The Morgan fingerprint density at radius 1 is 1.39 bits per heavy atom. The number of hydrogen-bond donors (Lipinski definition) is 2. The summed E-state index contributed by atoms with van der Waals surface area (Å²) in [4.78, 5) is 0.224. The first-order chi connectivity index (χ1) is 8.66. The summed E-state index contributed by atoms with van der Waals surface area (Å²) < 4.78 is 26.5. The van der Waals surface area contributed by atoms with E-state index >= 15 is 0 Å². The minimum absolute atomic E-state index is 0.0854. The van der Waals surface area contributed by atoms with Crippen LogP contribution in [0.2, 0.25) is 0 Å². The van der Waals surface area contributed by atoms with Crippen molar-refractivity contribution in [2.24, 2.45) is 5.73 Å². The lowest BCUT2D eigenvalue weighted by molar-refractivity contribution is 0.257. The van der Waals surface area contributed by atoms with E-state index in [0.29, 0.717) is 13.1 Å². The average Bonchev–Trinajstić information content (AvgIpc) is 2.91. The number of nitrogens with zero attached hydrogens (tertiary/aromatic N) is 2. The van der Waals surface area contributed by atoms with Crippen LogP contribution in [-0.2, 0) is 10.0 Å². The van der Waals surface area contributed by atoms with E-state index in [-0.39, 0.29) is 10.9 Å². The monoisotopic (exact) mass is 272 g/mol. The Hall–Kier alpha value is -0.920. The molecule has 6 nitrogen and oxygen atoms in total. The molecule has 7 heteroatoms. The summed E-state index contributed by atoms with van der Waals surface area (Å²) in [5, 5.41) is 6.26. The van der Waals surface area contributed by atoms with Gasteiger partial charge in [-0.05, 0) is 12.8 Å². The first-order valence-electron chi connectivity index (χ1n) is 6.37. The van der Waals surface area contributed by atoms with Crippen molar-refractivity contribution in [2.45, 2.75) is 43.0 Å². The fraction of sp³-hybridized carbons (Fsp3) is 0.727. The van der Waals surface area contributed by atoms with Gasteiger partial charge >= 0.3 is 0 Å². The Morgan fingerprint density at radius 2 is 2.11 bits per heavy atom. The molecule has 0 spiro atoms. The molecule has 1 aliphatic carbocycles. The SMILES string of the molecule is NCCN(C1CCCCC1)S(=O)(=O)c1cn[nH]c1. The number of hydrogen-bond acceptors (Lipinski definition) is 4. The maximum atomic E-state index is 12.5. The first-order valence-corrected chi connectivity index (χ1v) is 7.81. The lowest BCUT2D eigenvalue weighted by Gasteiger charge is -2.32. The topological polar surface area (TPSA) is 92.1 Å². The Labute approximate surface area is 108 Å². The first kappa shape index (κ1) is 13.5. The van der Waals surface area contributed by atoms with Crippen molar-refractivity contribution >= 4 is 10.0 Å². The largest absolute Gasteiger partial charge is 0.329 e. The molecule has 1 aromatic heterocycles. The average molecular weight is 272 g/mol. The van der Waals surface area contributed by atoms with Crippen LogP contribution in [0.4, 0.5) is 0 Å². The molecule has 1 saturated carbocycles. The summed E-state index contributed by atoms with van der Waals surface area (Å²) in [5.41, 5.74) is 5.56. The number of nitrogens with two attached hydrogens (primary N) is 1. The second-order valence-corrected chi connectivity index (χ2v) is 6.52. The van der Waals surface area contributed by atoms with Crippen LogP contribution in [0.3, 0.4) is 0 Å². The van der Waals surface area contributed by atoms with Gasteiger partial charge in [-0.2, -0.15) is 9.40 Å². The second-order valence-electron chi connectivity index (χ2n) is 4.63. The molecule has 1 aromatic rings. The molecule has 3 N–H and O–H groups in total. The third kappa shape index (κ3) is 2.73. The van der Waals surface area contributed by atoms with Crippen LogP contribution >= 0.6 is 0 Å². The highest BCUT2D eigenvalue weighted by Gasteiger charge is 2.32. The lowest BCUT2D eigenvalue weighted by atomic mass is 9.95. The van der Waals surface area contributed by atoms with Crippen LogP contribution in [0.25, 0.3) is 0 Å². The van der Waals surface area contributed by atoms with E-state index in [1.165, 1.54) is 18.8 Å². The summed E-state index contributed by atoms with van der Waals surface area (Å²) in [6, 6.07) is 0.0854. The highest BCUT2D eigenvalue weighted by molar-refractivity contribution is 7.89. The quantitative estimate of drug-likeness (QED) is 0.825. The van der Waals surface area contributed by atoms with Gasteiger partial charge in [0.1, 0.15) is 4.90 Å². The number of aromatic nitrogens is 2. The van der Waals surface area contributed by atoms with Gasteiger partial charge in [0.25, 0.3) is 0 Å². The molecule has 2 rings (SSSR count). The second kappa shape index (κ2) is 5.81.